The van der Waals surface area contributed by atoms with Gasteiger partial charge in [-0.15, -0.1) is 0 Å². The number of carbonyl (C=O) groups excluding carboxylic acids is 2. The summed E-state index contributed by atoms with van der Waals surface area (Å²) in [5.41, 5.74) is 0.170. The van der Waals surface area contributed by atoms with Crippen LogP contribution in [0.5, 0.6) is 0 Å². The van der Waals surface area contributed by atoms with Gasteiger partial charge in [-0.05, 0) is 42.8 Å². The molecule has 0 bridgehead atoms. The van der Waals surface area contributed by atoms with E-state index in [0.717, 1.165) is 5.39 Å². The summed E-state index contributed by atoms with van der Waals surface area (Å²) in [6, 6.07) is 13.9. The fourth-order valence-electron chi connectivity index (χ4n) is 3.28. The Morgan fingerprint density at radius 3 is 2.43 bits per heavy atom. The largest absolute Gasteiger partial charge is 0.454 e. The quantitative estimate of drug-likeness (QED) is 0.228. The fraction of sp³-hybridized carbons (Fsp3) is 0.217. The monoisotopic (exact) mass is 501 g/mol. The average molecular weight is 502 g/mol. The topological polar surface area (TPSA) is 165 Å². The first-order valence-corrected chi connectivity index (χ1v) is 11.9. The molecule has 0 heterocycles. The van der Waals surface area contributed by atoms with E-state index in [1.807, 2.05) is 12.1 Å². The summed E-state index contributed by atoms with van der Waals surface area (Å²) in [4.78, 5) is 35.0. The van der Waals surface area contributed by atoms with Crippen molar-refractivity contribution in [3.63, 3.8) is 0 Å². The zero-order valence-corrected chi connectivity index (χ0v) is 19.6. The lowest BCUT2D eigenvalue weighted by Crippen LogP contribution is -2.48. The summed E-state index contributed by atoms with van der Waals surface area (Å²) in [6.45, 7) is 1.84. The van der Waals surface area contributed by atoms with Crippen LogP contribution in [0.3, 0.4) is 0 Å². The maximum atomic E-state index is 12.8. The van der Waals surface area contributed by atoms with Crippen molar-refractivity contribution in [3.05, 3.63) is 76.3 Å². The molecule has 0 aliphatic heterocycles. The molecular weight excluding hydrogens is 478 g/mol. The lowest BCUT2D eigenvalue weighted by atomic mass is 10.1. The summed E-state index contributed by atoms with van der Waals surface area (Å²) < 4.78 is 32.7. The number of amides is 1. The van der Waals surface area contributed by atoms with Gasteiger partial charge in [0.25, 0.3) is 11.6 Å². The zero-order valence-electron chi connectivity index (χ0n) is 18.8. The SMILES string of the molecule is Cc1c(NC(=O)COC(=O)C(NS(=O)(=O)c2ccc3ccccc3c2)C(C)O)cccc1[N+](=O)[O-]. The Hall–Kier alpha value is -3.87. The molecule has 3 rings (SSSR count). The summed E-state index contributed by atoms with van der Waals surface area (Å²) in [5, 5.41) is 24.9. The van der Waals surface area contributed by atoms with Crippen molar-refractivity contribution in [1.82, 2.24) is 4.72 Å². The van der Waals surface area contributed by atoms with Gasteiger partial charge in [-0.25, -0.2) is 8.42 Å². The molecule has 1 amide bonds. The summed E-state index contributed by atoms with van der Waals surface area (Å²) in [5.74, 6) is -1.97. The minimum atomic E-state index is -4.22. The fourth-order valence-corrected chi connectivity index (χ4v) is 4.58. The van der Waals surface area contributed by atoms with Crippen LogP contribution >= 0.6 is 0 Å². The molecule has 3 aromatic rings. The van der Waals surface area contributed by atoms with Gasteiger partial charge in [-0.3, -0.25) is 19.7 Å². The van der Waals surface area contributed by atoms with Crippen molar-refractivity contribution in [1.29, 1.82) is 0 Å². The van der Waals surface area contributed by atoms with Crippen LogP contribution in [-0.4, -0.2) is 49.1 Å². The number of benzene rings is 3. The number of carbonyl (C=O) groups is 2. The van der Waals surface area contributed by atoms with Crippen LogP contribution < -0.4 is 10.0 Å². The Morgan fingerprint density at radius 1 is 1.09 bits per heavy atom. The van der Waals surface area contributed by atoms with E-state index < -0.39 is 45.6 Å². The number of hydrogen-bond acceptors (Lipinski definition) is 8. The number of fused-ring (bicyclic) bond motifs is 1. The number of hydrogen-bond donors (Lipinski definition) is 3. The van der Waals surface area contributed by atoms with Gasteiger partial charge < -0.3 is 15.2 Å². The van der Waals surface area contributed by atoms with Gasteiger partial charge in [0.15, 0.2) is 6.61 Å². The van der Waals surface area contributed by atoms with Gasteiger partial charge in [-0.1, -0.05) is 36.4 Å². The van der Waals surface area contributed by atoms with Crippen LogP contribution in [0, 0.1) is 17.0 Å². The van der Waals surface area contributed by atoms with Crippen molar-refractivity contribution < 1.29 is 32.8 Å². The van der Waals surface area contributed by atoms with Crippen LogP contribution in [0.2, 0.25) is 0 Å². The third kappa shape index (κ3) is 6.18. The number of nitrogens with zero attached hydrogens (tertiary/aromatic N) is 1. The summed E-state index contributed by atoms with van der Waals surface area (Å²) in [6.07, 6.45) is -1.47. The Kier molecular flexibility index (Phi) is 7.79. The molecule has 2 unspecified atom stereocenters. The molecule has 2 atom stereocenters. The first kappa shape index (κ1) is 25.7. The van der Waals surface area contributed by atoms with Crippen LogP contribution in [-0.2, 0) is 24.3 Å². The summed E-state index contributed by atoms with van der Waals surface area (Å²) >= 11 is 0. The van der Waals surface area contributed by atoms with E-state index in [1.54, 1.807) is 18.2 Å². The number of rotatable bonds is 9. The molecule has 184 valence electrons. The molecule has 35 heavy (non-hydrogen) atoms. The number of nitrogens with one attached hydrogen (secondary N) is 2. The van der Waals surface area contributed by atoms with Crippen LogP contribution in [0.25, 0.3) is 10.8 Å². The molecule has 0 aliphatic rings. The second-order valence-corrected chi connectivity index (χ2v) is 9.43. The molecule has 12 heteroatoms. The van der Waals surface area contributed by atoms with E-state index in [2.05, 4.69) is 10.0 Å². The predicted molar refractivity (Wildman–Crippen MR) is 127 cm³/mol. The Bertz CT molecular complexity index is 1390. The molecular formula is C23H23N3O8S. The number of nitro groups is 1. The zero-order chi connectivity index (χ0) is 25.8. The van der Waals surface area contributed by atoms with E-state index >= 15 is 0 Å². The van der Waals surface area contributed by atoms with Crippen LogP contribution in [0.4, 0.5) is 11.4 Å². The first-order valence-electron chi connectivity index (χ1n) is 10.4. The molecule has 0 radical (unpaired) electrons. The normalized spacial score (nSPS) is 13.1. The molecule has 0 aromatic heterocycles. The van der Waals surface area contributed by atoms with Gasteiger partial charge in [0, 0.05) is 6.07 Å². The second kappa shape index (κ2) is 10.6. The molecule has 3 N–H and O–H groups in total. The third-order valence-electron chi connectivity index (χ3n) is 5.17. The number of esters is 1. The van der Waals surface area contributed by atoms with Gasteiger partial charge in [-0.2, -0.15) is 4.72 Å². The standard InChI is InChI=1S/C23H23N3O8S/c1-14-19(8-5-9-20(14)26(30)31)24-21(28)13-34-23(29)22(15(2)27)25-35(32,33)18-11-10-16-6-3-4-7-17(16)12-18/h3-12,15,22,25,27H,13H2,1-2H3,(H,24,28). The number of aliphatic hydroxyl groups is 1. The van der Waals surface area contributed by atoms with E-state index in [-0.39, 0.29) is 21.8 Å². The minimum Gasteiger partial charge on any atom is -0.454 e. The third-order valence-corrected chi connectivity index (χ3v) is 6.61. The van der Waals surface area contributed by atoms with Crippen molar-refractivity contribution >= 4 is 44.0 Å². The lowest BCUT2D eigenvalue weighted by Gasteiger charge is -2.20. The van der Waals surface area contributed by atoms with Crippen molar-refractivity contribution in [2.75, 3.05) is 11.9 Å². The second-order valence-electron chi connectivity index (χ2n) is 7.71. The van der Waals surface area contributed by atoms with Gasteiger partial charge in [0.1, 0.15) is 6.04 Å². The van der Waals surface area contributed by atoms with E-state index in [1.165, 1.54) is 44.2 Å². The van der Waals surface area contributed by atoms with E-state index in [0.29, 0.717) is 5.39 Å². The summed E-state index contributed by atoms with van der Waals surface area (Å²) in [7, 11) is -4.22. The lowest BCUT2D eigenvalue weighted by molar-refractivity contribution is -0.385. The molecule has 0 saturated heterocycles. The highest BCUT2D eigenvalue weighted by molar-refractivity contribution is 7.89. The maximum absolute atomic E-state index is 12.8. The van der Waals surface area contributed by atoms with Crippen molar-refractivity contribution in [3.8, 4) is 0 Å². The highest BCUT2D eigenvalue weighted by Crippen LogP contribution is 2.25. The molecule has 0 spiro atoms. The first-order chi connectivity index (χ1) is 16.5. The maximum Gasteiger partial charge on any atom is 0.327 e. The van der Waals surface area contributed by atoms with E-state index in [9.17, 15) is 33.2 Å². The smallest absolute Gasteiger partial charge is 0.327 e. The molecule has 0 saturated carbocycles. The minimum absolute atomic E-state index is 0.117. The number of nitro benzene ring substituents is 1. The number of sulfonamides is 1. The average Bonchev–Trinajstić information content (AvgIpc) is 2.81. The molecule has 0 fully saturated rings. The van der Waals surface area contributed by atoms with E-state index in [4.69, 9.17) is 4.74 Å². The van der Waals surface area contributed by atoms with Crippen molar-refractivity contribution in [2.24, 2.45) is 0 Å². The molecule has 0 aliphatic carbocycles. The number of ether oxygens (including phenoxy) is 1. The Labute approximate surface area is 200 Å². The Morgan fingerprint density at radius 2 is 1.77 bits per heavy atom. The van der Waals surface area contributed by atoms with Crippen molar-refractivity contribution in [2.45, 2.75) is 30.9 Å². The predicted octanol–water partition coefficient (Wildman–Crippen LogP) is 2.27. The molecule has 11 nitrogen and oxygen atoms in total. The van der Waals surface area contributed by atoms with Gasteiger partial charge in [0.2, 0.25) is 10.0 Å². The van der Waals surface area contributed by atoms with Crippen LogP contribution in [0.1, 0.15) is 12.5 Å². The number of aliphatic hydroxyl groups excluding tert-OH is 1. The van der Waals surface area contributed by atoms with Gasteiger partial charge >= 0.3 is 5.97 Å². The Balaban J connectivity index is 1.68. The van der Waals surface area contributed by atoms with Crippen LogP contribution in [0.15, 0.2) is 65.6 Å². The molecule has 3 aromatic carbocycles. The highest BCUT2D eigenvalue weighted by atomic mass is 32.2. The highest BCUT2D eigenvalue weighted by Gasteiger charge is 2.31. The van der Waals surface area contributed by atoms with Gasteiger partial charge in [0.05, 0.1) is 27.2 Å². The number of anilines is 1.